The van der Waals surface area contributed by atoms with Gasteiger partial charge in [0, 0.05) is 18.8 Å². The molecule has 0 atom stereocenters. The first-order valence-electron chi connectivity index (χ1n) is 3.98. The molecule has 1 N–H and O–H groups in total. The average Bonchev–Trinajstić information content (AvgIpc) is 2.66. The highest BCUT2D eigenvalue weighted by Crippen LogP contribution is 1.98. The Morgan fingerprint density at radius 1 is 1.80 bits per heavy atom. The van der Waals surface area contributed by atoms with Crippen molar-refractivity contribution in [2.75, 3.05) is 20.3 Å². The van der Waals surface area contributed by atoms with Crippen LogP contribution in [-0.2, 0) is 4.74 Å². The first-order chi connectivity index (χ1) is 7.15. The Hall–Kier alpha value is -2.03. The lowest BCUT2D eigenvalue weighted by atomic mass is 10.7. The van der Waals surface area contributed by atoms with Crippen molar-refractivity contribution in [2.45, 2.75) is 0 Å². The molecule has 0 fully saturated rings. The molecular formula is C6H9N5O4. The van der Waals surface area contributed by atoms with Crippen molar-refractivity contribution in [3.8, 4) is 0 Å². The van der Waals surface area contributed by atoms with Gasteiger partial charge in [0.1, 0.15) is 0 Å². The van der Waals surface area contributed by atoms with Crippen LogP contribution in [-0.4, -0.2) is 46.0 Å². The van der Waals surface area contributed by atoms with Crippen molar-refractivity contribution in [3.63, 3.8) is 0 Å². The van der Waals surface area contributed by atoms with E-state index in [0.29, 0.717) is 13.2 Å². The molecule has 0 saturated carbocycles. The standard InChI is InChI=1S/C6H9N5O4/c1-15-3-2-7-6(12)10-4-8-5(9-10)11(13)14/h4H,2-3H2,1H3,(H,7,12). The molecule has 0 aromatic carbocycles. The molecule has 0 unspecified atom stereocenters. The predicted molar refractivity (Wildman–Crippen MR) is 47.3 cm³/mol. The fraction of sp³-hybridized carbons (Fsp3) is 0.500. The maximum Gasteiger partial charge on any atom is 0.491 e. The minimum absolute atomic E-state index is 0.295. The van der Waals surface area contributed by atoms with Crippen molar-refractivity contribution in [1.82, 2.24) is 20.1 Å². The van der Waals surface area contributed by atoms with Gasteiger partial charge >= 0.3 is 12.0 Å². The Kier molecular flexibility index (Phi) is 3.68. The topological polar surface area (TPSA) is 112 Å². The molecule has 82 valence electrons. The molecule has 0 spiro atoms. The summed E-state index contributed by atoms with van der Waals surface area (Å²) in [4.78, 5) is 24.0. The molecule has 0 saturated heterocycles. The Labute approximate surface area is 84.2 Å². The molecule has 0 radical (unpaired) electrons. The first-order valence-corrected chi connectivity index (χ1v) is 3.98. The summed E-state index contributed by atoms with van der Waals surface area (Å²) in [6.45, 7) is 0.644. The second kappa shape index (κ2) is 5.00. The van der Waals surface area contributed by atoms with Gasteiger partial charge in [0.2, 0.25) is 6.33 Å². The number of rotatable bonds is 4. The number of amides is 1. The van der Waals surface area contributed by atoms with Crippen LogP contribution in [0.4, 0.5) is 10.7 Å². The second-order valence-electron chi connectivity index (χ2n) is 2.47. The number of hydrogen-bond donors (Lipinski definition) is 1. The maximum atomic E-state index is 11.2. The molecule has 0 aliphatic heterocycles. The maximum absolute atomic E-state index is 11.2. The van der Waals surface area contributed by atoms with Gasteiger partial charge in [0.05, 0.1) is 6.61 Å². The molecule has 0 aliphatic rings. The van der Waals surface area contributed by atoms with Gasteiger partial charge < -0.3 is 20.2 Å². The number of nitrogens with zero attached hydrogens (tertiary/aromatic N) is 4. The normalized spacial score (nSPS) is 9.93. The molecule has 9 heteroatoms. The average molecular weight is 215 g/mol. The molecule has 1 heterocycles. The van der Waals surface area contributed by atoms with Gasteiger partial charge in [-0.1, -0.05) is 9.67 Å². The zero-order valence-electron chi connectivity index (χ0n) is 7.91. The zero-order chi connectivity index (χ0) is 11.3. The van der Waals surface area contributed by atoms with E-state index in [2.05, 4.69) is 15.4 Å². The number of nitro groups is 1. The van der Waals surface area contributed by atoms with E-state index in [1.165, 1.54) is 7.11 Å². The van der Waals surface area contributed by atoms with E-state index in [9.17, 15) is 14.9 Å². The Bertz CT molecular complexity index is 362. The van der Waals surface area contributed by atoms with E-state index in [-0.39, 0.29) is 0 Å². The summed E-state index contributed by atoms with van der Waals surface area (Å²) >= 11 is 0. The van der Waals surface area contributed by atoms with Gasteiger partial charge in [0.15, 0.2) is 0 Å². The number of nitrogens with one attached hydrogen (secondary N) is 1. The SMILES string of the molecule is COCCNC(=O)n1cnc([N+](=O)[O-])n1. The summed E-state index contributed by atoms with van der Waals surface area (Å²) < 4.78 is 5.46. The Morgan fingerprint density at radius 2 is 2.53 bits per heavy atom. The van der Waals surface area contributed by atoms with Crippen molar-refractivity contribution in [2.24, 2.45) is 0 Å². The van der Waals surface area contributed by atoms with Crippen LogP contribution in [0.3, 0.4) is 0 Å². The van der Waals surface area contributed by atoms with E-state index in [0.717, 1.165) is 11.0 Å². The minimum Gasteiger partial charge on any atom is -0.390 e. The number of ether oxygens (including phenoxy) is 1. The van der Waals surface area contributed by atoms with E-state index in [1.54, 1.807) is 0 Å². The molecule has 1 rings (SSSR count). The number of carbonyl (C=O) groups excluding carboxylic acids is 1. The summed E-state index contributed by atoms with van der Waals surface area (Å²) in [6, 6.07) is -0.590. The number of hydrogen-bond acceptors (Lipinski definition) is 6. The minimum atomic E-state index is -0.779. The lowest BCUT2D eigenvalue weighted by molar-refractivity contribution is -0.394. The van der Waals surface area contributed by atoms with E-state index in [1.807, 2.05) is 0 Å². The van der Waals surface area contributed by atoms with Crippen molar-refractivity contribution in [1.29, 1.82) is 0 Å². The van der Waals surface area contributed by atoms with Gasteiger partial charge in [-0.3, -0.25) is 0 Å². The third-order valence-electron chi connectivity index (χ3n) is 1.43. The largest absolute Gasteiger partial charge is 0.491 e. The number of methoxy groups -OCH3 is 1. The van der Waals surface area contributed by atoms with Gasteiger partial charge in [-0.15, -0.1) is 0 Å². The zero-order valence-corrected chi connectivity index (χ0v) is 7.91. The van der Waals surface area contributed by atoms with E-state index >= 15 is 0 Å². The van der Waals surface area contributed by atoms with Crippen molar-refractivity contribution in [3.05, 3.63) is 16.4 Å². The molecular weight excluding hydrogens is 206 g/mol. The van der Waals surface area contributed by atoms with Gasteiger partial charge in [-0.2, -0.15) is 0 Å². The Morgan fingerprint density at radius 3 is 3.07 bits per heavy atom. The van der Waals surface area contributed by atoms with Crippen LogP contribution in [0.5, 0.6) is 0 Å². The summed E-state index contributed by atoms with van der Waals surface area (Å²) in [5.41, 5.74) is 0. The fourth-order valence-electron chi connectivity index (χ4n) is 0.777. The third kappa shape index (κ3) is 2.98. The van der Waals surface area contributed by atoms with Gasteiger partial charge in [0.25, 0.3) is 0 Å². The summed E-state index contributed by atoms with van der Waals surface area (Å²) in [5.74, 6) is -0.614. The monoisotopic (exact) mass is 215 g/mol. The van der Waals surface area contributed by atoms with Gasteiger partial charge in [-0.05, 0) is 4.92 Å². The lowest BCUT2D eigenvalue weighted by Gasteiger charge is -1.99. The van der Waals surface area contributed by atoms with Crippen LogP contribution < -0.4 is 5.32 Å². The molecule has 9 nitrogen and oxygen atoms in total. The quantitative estimate of drug-likeness (QED) is 0.407. The van der Waals surface area contributed by atoms with E-state index in [4.69, 9.17) is 4.74 Å². The van der Waals surface area contributed by atoms with Crippen LogP contribution in [0.25, 0.3) is 0 Å². The first kappa shape index (κ1) is 11.0. The third-order valence-corrected chi connectivity index (χ3v) is 1.43. The van der Waals surface area contributed by atoms with Crippen LogP contribution in [0.2, 0.25) is 0 Å². The van der Waals surface area contributed by atoms with Crippen LogP contribution in [0, 0.1) is 10.1 Å². The molecule has 1 aromatic rings. The number of carbonyl (C=O) groups is 1. The highest BCUT2D eigenvalue weighted by atomic mass is 16.6. The highest BCUT2D eigenvalue weighted by Gasteiger charge is 2.17. The molecule has 15 heavy (non-hydrogen) atoms. The highest BCUT2D eigenvalue weighted by molar-refractivity contribution is 5.75. The van der Waals surface area contributed by atoms with E-state index < -0.39 is 16.9 Å². The predicted octanol–water partition coefficient (Wildman–Crippen LogP) is -0.610. The molecule has 0 bridgehead atoms. The van der Waals surface area contributed by atoms with Crippen molar-refractivity contribution >= 4 is 12.0 Å². The Balaban J connectivity index is 2.54. The summed E-state index contributed by atoms with van der Waals surface area (Å²) in [6.07, 6.45) is 0.972. The molecule has 0 aliphatic carbocycles. The molecule has 1 aromatic heterocycles. The summed E-state index contributed by atoms with van der Waals surface area (Å²) in [5, 5.41) is 16.0. The van der Waals surface area contributed by atoms with Crippen LogP contribution in [0.1, 0.15) is 0 Å². The summed E-state index contributed by atoms with van der Waals surface area (Å²) in [7, 11) is 1.49. The van der Waals surface area contributed by atoms with Crippen LogP contribution >= 0.6 is 0 Å². The smallest absolute Gasteiger partial charge is 0.390 e. The molecule has 1 amide bonds. The lowest BCUT2D eigenvalue weighted by Crippen LogP contribution is -2.31. The van der Waals surface area contributed by atoms with Crippen LogP contribution in [0.15, 0.2) is 6.33 Å². The fourth-order valence-corrected chi connectivity index (χ4v) is 0.777. The second-order valence-corrected chi connectivity index (χ2v) is 2.47. The van der Waals surface area contributed by atoms with Gasteiger partial charge in [-0.25, -0.2) is 4.79 Å². The number of aromatic nitrogens is 3. The van der Waals surface area contributed by atoms with Crippen molar-refractivity contribution < 1.29 is 14.5 Å².